The van der Waals surface area contributed by atoms with Gasteiger partial charge in [-0.3, -0.25) is 13.9 Å². The number of rotatable bonds is 4. The summed E-state index contributed by atoms with van der Waals surface area (Å²) in [7, 11) is 3.06. The highest BCUT2D eigenvalue weighted by Gasteiger charge is 2.11. The molecule has 0 radical (unpaired) electrons. The van der Waals surface area contributed by atoms with E-state index >= 15 is 0 Å². The van der Waals surface area contributed by atoms with Gasteiger partial charge < -0.3 is 4.90 Å². The minimum absolute atomic E-state index is 0.316. The second-order valence-corrected chi connectivity index (χ2v) is 4.87. The van der Waals surface area contributed by atoms with Crippen molar-refractivity contribution in [3.05, 3.63) is 62.7 Å². The number of hydrogen-bond acceptors (Lipinski definition) is 3. The van der Waals surface area contributed by atoms with Crippen LogP contribution in [0.5, 0.6) is 0 Å². The lowest BCUT2D eigenvalue weighted by Crippen LogP contribution is -2.39. The number of hydrogen-bond donors (Lipinski definition) is 0. The third kappa shape index (κ3) is 3.04. The highest BCUT2D eigenvalue weighted by Crippen LogP contribution is 2.17. The van der Waals surface area contributed by atoms with Gasteiger partial charge in [0.15, 0.2) is 0 Å². The number of aromatic nitrogens is 2. The Morgan fingerprint density at radius 1 is 1.14 bits per heavy atom. The van der Waals surface area contributed by atoms with Crippen LogP contribution >= 0.6 is 0 Å². The summed E-state index contributed by atoms with van der Waals surface area (Å²) in [4.78, 5) is 25.6. The van der Waals surface area contributed by atoms with E-state index in [1.807, 2.05) is 11.8 Å². The van der Waals surface area contributed by atoms with Gasteiger partial charge in [-0.2, -0.15) is 0 Å². The van der Waals surface area contributed by atoms with Crippen molar-refractivity contribution in [1.29, 1.82) is 0 Å². The first-order valence-corrected chi connectivity index (χ1v) is 6.70. The van der Waals surface area contributed by atoms with Gasteiger partial charge in [-0.25, -0.2) is 9.18 Å². The van der Waals surface area contributed by atoms with Crippen molar-refractivity contribution in [1.82, 2.24) is 9.13 Å². The summed E-state index contributed by atoms with van der Waals surface area (Å²) in [5.41, 5.74) is 0.594. The average Bonchev–Trinajstić information content (AvgIpc) is 2.47. The van der Waals surface area contributed by atoms with Crippen LogP contribution in [0.25, 0.3) is 0 Å². The van der Waals surface area contributed by atoms with Crippen molar-refractivity contribution >= 4 is 5.69 Å². The van der Waals surface area contributed by atoms with Gasteiger partial charge in [0.05, 0.1) is 6.54 Å². The summed E-state index contributed by atoms with van der Waals surface area (Å²) in [6.45, 7) is 2.93. The molecule has 1 aromatic heterocycles. The van der Waals surface area contributed by atoms with Crippen molar-refractivity contribution in [2.24, 2.45) is 14.1 Å². The molecule has 0 N–H and O–H groups in total. The van der Waals surface area contributed by atoms with Crippen molar-refractivity contribution in [3.63, 3.8) is 0 Å². The Bertz CT molecular complexity index is 764. The predicted molar refractivity (Wildman–Crippen MR) is 80.0 cm³/mol. The molecule has 112 valence electrons. The molecule has 0 amide bonds. The van der Waals surface area contributed by atoms with Crippen LogP contribution in [-0.2, 0) is 20.6 Å². The molecule has 0 bridgehead atoms. The largest absolute Gasteiger partial charge is 0.366 e. The van der Waals surface area contributed by atoms with Crippen LogP contribution < -0.4 is 16.1 Å². The minimum atomic E-state index is -0.368. The Labute approximate surface area is 121 Å². The lowest BCUT2D eigenvalue weighted by Gasteiger charge is -2.24. The summed E-state index contributed by atoms with van der Waals surface area (Å²) in [6.07, 6.45) is 0. The van der Waals surface area contributed by atoms with Crippen LogP contribution in [0.4, 0.5) is 10.1 Å². The van der Waals surface area contributed by atoms with Crippen LogP contribution in [0.1, 0.15) is 12.6 Å². The van der Waals surface area contributed by atoms with Crippen LogP contribution in [0, 0.1) is 5.82 Å². The molecule has 2 rings (SSSR count). The monoisotopic (exact) mass is 291 g/mol. The van der Waals surface area contributed by atoms with Crippen LogP contribution in [-0.4, -0.2) is 15.7 Å². The molecule has 21 heavy (non-hydrogen) atoms. The fourth-order valence-corrected chi connectivity index (χ4v) is 2.18. The molecule has 0 fully saturated rings. The number of nitrogens with zero attached hydrogens (tertiary/aromatic N) is 3. The lowest BCUT2D eigenvalue weighted by atomic mass is 10.2. The molecule has 0 spiro atoms. The molecule has 0 saturated carbocycles. The first kappa shape index (κ1) is 15.0. The third-order valence-electron chi connectivity index (χ3n) is 3.53. The Morgan fingerprint density at radius 2 is 1.86 bits per heavy atom. The summed E-state index contributed by atoms with van der Waals surface area (Å²) < 4.78 is 15.8. The van der Waals surface area contributed by atoms with E-state index in [1.54, 1.807) is 19.2 Å². The quantitative estimate of drug-likeness (QED) is 0.852. The Hall–Kier alpha value is -2.37. The fraction of sp³-hybridized carbons (Fsp3) is 0.333. The topological polar surface area (TPSA) is 47.2 Å². The summed E-state index contributed by atoms with van der Waals surface area (Å²) >= 11 is 0. The normalized spacial score (nSPS) is 10.7. The highest BCUT2D eigenvalue weighted by atomic mass is 19.1. The average molecular weight is 291 g/mol. The van der Waals surface area contributed by atoms with Gasteiger partial charge in [-0.05, 0) is 25.1 Å². The van der Waals surface area contributed by atoms with E-state index in [1.165, 1.54) is 29.8 Å². The number of anilines is 1. The molecule has 2 aromatic rings. The zero-order valence-electron chi connectivity index (χ0n) is 12.3. The molecule has 0 saturated heterocycles. The summed E-state index contributed by atoms with van der Waals surface area (Å²) in [5.74, 6) is -0.316. The van der Waals surface area contributed by atoms with E-state index in [0.29, 0.717) is 24.5 Å². The minimum Gasteiger partial charge on any atom is -0.366 e. The van der Waals surface area contributed by atoms with Crippen molar-refractivity contribution in [2.45, 2.75) is 13.5 Å². The van der Waals surface area contributed by atoms with Gasteiger partial charge in [0.2, 0.25) is 0 Å². The van der Waals surface area contributed by atoms with E-state index in [0.717, 1.165) is 4.57 Å². The molecule has 6 heteroatoms. The maximum atomic E-state index is 13.3. The molecule has 0 aliphatic carbocycles. The maximum absolute atomic E-state index is 13.3. The SMILES string of the molecule is CCN(Cc1cc(=O)n(C)c(=O)n1C)c1cccc(F)c1. The Morgan fingerprint density at radius 3 is 2.48 bits per heavy atom. The molecular formula is C15H18FN3O2. The first-order chi connectivity index (χ1) is 9.93. The van der Waals surface area contributed by atoms with Crippen LogP contribution in [0.3, 0.4) is 0 Å². The van der Waals surface area contributed by atoms with E-state index in [4.69, 9.17) is 0 Å². The van der Waals surface area contributed by atoms with E-state index in [9.17, 15) is 14.0 Å². The highest BCUT2D eigenvalue weighted by molar-refractivity contribution is 5.46. The smallest absolute Gasteiger partial charge is 0.330 e. The maximum Gasteiger partial charge on any atom is 0.330 e. The van der Waals surface area contributed by atoms with Crippen molar-refractivity contribution < 1.29 is 4.39 Å². The predicted octanol–water partition coefficient (Wildman–Crippen LogP) is 1.25. The van der Waals surface area contributed by atoms with Gasteiger partial charge in [-0.1, -0.05) is 6.07 Å². The summed E-state index contributed by atoms with van der Waals surface area (Å²) in [5, 5.41) is 0. The van der Waals surface area contributed by atoms with E-state index in [2.05, 4.69) is 0 Å². The van der Waals surface area contributed by atoms with Gasteiger partial charge in [0.25, 0.3) is 5.56 Å². The van der Waals surface area contributed by atoms with Crippen LogP contribution in [0.2, 0.25) is 0 Å². The molecule has 0 atom stereocenters. The second kappa shape index (κ2) is 5.95. The Kier molecular flexibility index (Phi) is 4.26. The summed E-state index contributed by atoms with van der Waals surface area (Å²) in [6, 6.07) is 7.68. The standard InChI is InChI=1S/C15H18FN3O2/c1-4-19(12-7-5-6-11(16)8-12)10-13-9-14(20)18(3)15(21)17(13)2/h5-9H,4,10H2,1-3H3. The number of halogens is 1. The molecule has 1 aromatic carbocycles. The molecule has 1 heterocycles. The third-order valence-corrected chi connectivity index (χ3v) is 3.53. The zero-order chi connectivity index (χ0) is 15.6. The molecule has 0 aliphatic heterocycles. The van der Waals surface area contributed by atoms with Crippen molar-refractivity contribution in [3.8, 4) is 0 Å². The Balaban J connectivity index is 2.40. The number of benzene rings is 1. The van der Waals surface area contributed by atoms with E-state index in [-0.39, 0.29) is 17.1 Å². The fourth-order valence-electron chi connectivity index (χ4n) is 2.18. The van der Waals surface area contributed by atoms with E-state index < -0.39 is 0 Å². The van der Waals surface area contributed by atoms with Crippen molar-refractivity contribution in [2.75, 3.05) is 11.4 Å². The van der Waals surface area contributed by atoms with Gasteiger partial charge in [0.1, 0.15) is 5.82 Å². The van der Waals surface area contributed by atoms with Gasteiger partial charge >= 0.3 is 5.69 Å². The molecule has 0 unspecified atom stereocenters. The van der Waals surface area contributed by atoms with Gasteiger partial charge in [0, 0.05) is 38.1 Å². The second-order valence-electron chi connectivity index (χ2n) is 4.87. The van der Waals surface area contributed by atoms with Gasteiger partial charge in [-0.15, -0.1) is 0 Å². The molecular weight excluding hydrogens is 273 g/mol. The molecule has 0 aliphatic rings. The molecule has 5 nitrogen and oxygen atoms in total. The zero-order valence-corrected chi connectivity index (χ0v) is 12.3. The lowest BCUT2D eigenvalue weighted by molar-refractivity contribution is 0.622. The van der Waals surface area contributed by atoms with Crippen LogP contribution in [0.15, 0.2) is 39.9 Å². The first-order valence-electron chi connectivity index (χ1n) is 6.70.